The van der Waals surface area contributed by atoms with E-state index in [1.165, 1.54) is 0 Å². The number of nitriles is 3. The Labute approximate surface area is 254 Å². The molecule has 5 aromatic carbocycles. The summed E-state index contributed by atoms with van der Waals surface area (Å²) < 4.78 is 2.25. The van der Waals surface area contributed by atoms with Crippen LogP contribution in [0.1, 0.15) is 22.3 Å². The van der Waals surface area contributed by atoms with Gasteiger partial charge in [-0.05, 0) is 107 Å². The smallest absolute Gasteiger partial charge is 0.0998 e. The maximum atomic E-state index is 10.3. The maximum Gasteiger partial charge on any atom is 0.0998 e. The van der Waals surface area contributed by atoms with E-state index in [4.69, 9.17) is 0 Å². The topological polar surface area (TPSA) is 89.2 Å². The second-order valence-electron chi connectivity index (χ2n) is 10.7. The Morgan fingerprint density at radius 1 is 0.523 bits per heavy atom. The zero-order valence-electron chi connectivity index (χ0n) is 23.8. The van der Waals surface area contributed by atoms with E-state index in [1.807, 2.05) is 66.7 Å². The number of hydrogen-bond acceptors (Lipinski definition) is 4. The van der Waals surface area contributed by atoms with Crippen molar-refractivity contribution in [3.63, 3.8) is 0 Å². The molecular weight excluding hydrogens is 538 g/mol. The molecule has 0 bridgehead atoms. The van der Waals surface area contributed by atoms with E-state index in [1.54, 1.807) is 12.4 Å². The van der Waals surface area contributed by atoms with Crippen LogP contribution in [0.5, 0.6) is 0 Å². The van der Waals surface area contributed by atoms with Gasteiger partial charge in [0.15, 0.2) is 0 Å². The Morgan fingerprint density at radius 2 is 1.02 bits per heavy atom. The molecule has 0 atom stereocenters. The van der Waals surface area contributed by atoms with Crippen molar-refractivity contribution in [2.24, 2.45) is 0 Å². The summed E-state index contributed by atoms with van der Waals surface area (Å²) in [6.07, 6.45) is 3.48. The fraction of sp³-hybridized carbons (Fsp3) is 0.0256. The Hall–Kier alpha value is -6.48. The molecule has 0 unspecified atom stereocenters. The Kier molecular flexibility index (Phi) is 6.44. The lowest BCUT2D eigenvalue weighted by Gasteiger charge is -2.15. The molecule has 7 rings (SSSR count). The summed E-state index contributed by atoms with van der Waals surface area (Å²) in [5, 5.41) is 31.0. The molecule has 0 aliphatic heterocycles. The summed E-state index contributed by atoms with van der Waals surface area (Å²) in [4.78, 5) is 4.14. The van der Waals surface area contributed by atoms with E-state index in [-0.39, 0.29) is 0 Å². The van der Waals surface area contributed by atoms with Crippen LogP contribution in [-0.4, -0.2) is 9.55 Å². The Morgan fingerprint density at radius 3 is 1.50 bits per heavy atom. The van der Waals surface area contributed by atoms with Crippen LogP contribution in [0.25, 0.3) is 60.9 Å². The lowest BCUT2D eigenvalue weighted by atomic mass is 9.97. The molecule has 0 saturated carbocycles. The predicted octanol–water partition coefficient (Wildman–Crippen LogP) is 9.10. The van der Waals surface area contributed by atoms with E-state index in [9.17, 15) is 15.8 Å². The number of fused-ring (bicyclic) bond motifs is 3. The van der Waals surface area contributed by atoms with Gasteiger partial charge in [0, 0.05) is 23.2 Å². The fourth-order valence-electron chi connectivity index (χ4n) is 5.91. The highest BCUT2D eigenvalue weighted by atomic mass is 15.0. The van der Waals surface area contributed by atoms with E-state index in [0.29, 0.717) is 16.7 Å². The summed E-state index contributed by atoms with van der Waals surface area (Å²) in [5.74, 6) is 0. The van der Waals surface area contributed by atoms with Gasteiger partial charge in [0.25, 0.3) is 0 Å². The molecule has 5 heteroatoms. The van der Waals surface area contributed by atoms with Gasteiger partial charge in [-0.25, -0.2) is 0 Å². The van der Waals surface area contributed by atoms with Crippen LogP contribution in [0.15, 0.2) is 122 Å². The van der Waals surface area contributed by atoms with Crippen LogP contribution >= 0.6 is 0 Å². The number of benzene rings is 5. The van der Waals surface area contributed by atoms with Crippen molar-refractivity contribution in [1.82, 2.24) is 9.55 Å². The van der Waals surface area contributed by atoms with Crippen molar-refractivity contribution in [2.75, 3.05) is 0 Å². The van der Waals surface area contributed by atoms with Crippen LogP contribution in [0.4, 0.5) is 0 Å². The van der Waals surface area contributed by atoms with Crippen LogP contribution in [-0.2, 0) is 0 Å². The number of rotatable bonds is 4. The molecule has 44 heavy (non-hydrogen) atoms. The summed E-state index contributed by atoms with van der Waals surface area (Å²) in [6.45, 7) is 2.08. The first-order valence-corrected chi connectivity index (χ1v) is 14.1. The normalized spacial score (nSPS) is 10.8. The van der Waals surface area contributed by atoms with Gasteiger partial charge >= 0.3 is 0 Å². The summed E-state index contributed by atoms with van der Waals surface area (Å²) >= 11 is 0. The predicted molar refractivity (Wildman–Crippen MR) is 174 cm³/mol. The molecule has 0 aliphatic rings. The number of nitrogens with zero attached hydrogens (tertiary/aromatic N) is 5. The second kappa shape index (κ2) is 10.7. The van der Waals surface area contributed by atoms with Gasteiger partial charge < -0.3 is 4.57 Å². The van der Waals surface area contributed by atoms with Gasteiger partial charge in [-0.15, -0.1) is 0 Å². The summed E-state index contributed by atoms with van der Waals surface area (Å²) in [7, 11) is 0. The van der Waals surface area contributed by atoms with Crippen LogP contribution in [0.3, 0.4) is 0 Å². The van der Waals surface area contributed by atoms with Gasteiger partial charge in [0.2, 0.25) is 0 Å². The lowest BCUT2D eigenvalue weighted by Crippen LogP contribution is -2.00. The molecule has 0 N–H and O–H groups in total. The van der Waals surface area contributed by atoms with Gasteiger partial charge in [-0.2, -0.15) is 15.8 Å². The second-order valence-corrected chi connectivity index (χ2v) is 10.7. The minimum Gasteiger partial charge on any atom is -0.309 e. The molecule has 0 spiro atoms. The summed E-state index contributed by atoms with van der Waals surface area (Å²) in [5.41, 5.74) is 11.7. The minimum absolute atomic E-state index is 0.582. The largest absolute Gasteiger partial charge is 0.309 e. The molecule has 5 nitrogen and oxygen atoms in total. The standard InChI is InChI=1S/C39H23N5/c1-25-18-36(30-14-16-43-17-15-30)33(24-42)21-37(25)44-38-19-31(28-6-2-26(22-40)3-7-28)10-12-34(38)35-13-11-32(20-39(35)44)29-8-4-27(23-41)5-9-29/h2-21H,1H3. The van der Waals surface area contributed by atoms with E-state index >= 15 is 0 Å². The minimum atomic E-state index is 0.582. The highest BCUT2D eigenvalue weighted by molar-refractivity contribution is 6.11. The van der Waals surface area contributed by atoms with Crippen LogP contribution in [0, 0.1) is 40.9 Å². The third-order valence-corrected chi connectivity index (χ3v) is 8.15. The molecule has 204 valence electrons. The van der Waals surface area contributed by atoms with Crippen molar-refractivity contribution in [1.29, 1.82) is 15.8 Å². The molecule has 2 aromatic heterocycles. The maximum absolute atomic E-state index is 10.3. The Bertz CT molecular complexity index is 2230. The molecular formula is C39H23N5. The number of aromatic nitrogens is 2. The Balaban J connectivity index is 1.51. The van der Waals surface area contributed by atoms with Gasteiger partial charge in [0.1, 0.15) is 0 Å². The third kappa shape index (κ3) is 4.45. The number of aryl methyl sites for hydroxylation is 1. The van der Waals surface area contributed by atoms with Crippen LogP contribution in [0.2, 0.25) is 0 Å². The van der Waals surface area contributed by atoms with Crippen LogP contribution < -0.4 is 0 Å². The first-order chi connectivity index (χ1) is 21.6. The van der Waals surface area contributed by atoms with E-state index in [0.717, 1.165) is 66.4 Å². The molecule has 0 amide bonds. The first-order valence-electron chi connectivity index (χ1n) is 14.1. The molecule has 0 fully saturated rings. The zero-order valence-corrected chi connectivity index (χ0v) is 23.8. The van der Waals surface area contributed by atoms with Crippen molar-refractivity contribution >= 4 is 21.8 Å². The number of pyridine rings is 1. The molecule has 7 aromatic rings. The molecule has 0 radical (unpaired) electrons. The van der Waals surface area contributed by atoms with Crippen molar-refractivity contribution in [3.05, 3.63) is 144 Å². The average Bonchev–Trinajstić information content (AvgIpc) is 3.41. The molecule has 2 heterocycles. The monoisotopic (exact) mass is 561 g/mol. The van der Waals surface area contributed by atoms with Crippen molar-refractivity contribution < 1.29 is 0 Å². The number of hydrogen-bond donors (Lipinski definition) is 0. The van der Waals surface area contributed by atoms with E-state index < -0.39 is 0 Å². The highest BCUT2D eigenvalue weighted by Gasteiger charge is 2.18. The van der Waals surface area contributed by atoms with Gasteiger partial charge in [-0.1, -0.05) is 48.5 Å². The lowest BCUT2D eigenvalue weighted by molar-refractivity contribution is 1.15. The van der Waals surface area contributed by atoms with E-state index in [2.05, 4.69) is 77.1 Å². The zero-order chi connectivity index (χ0) is 30.2. The van der Waals surface area contributed by atoms with Gasteiger partial charge in [0.05, 0.1) is 51.6 Å². The quantitative estimate of drug-likeness (QED) is 0.214. The first kappa shape index (κ1) is 26.4. The average molecular weight is 562 g/mol. The third-order valence-electron chi connectivity index (χ3n) is 8.15. The summed E-state index contributed by atoms with van der Waals surface area (Å²) in [6, 6.07) is 42.8. The molecule has 0 saturated heterocycles. The molecule has 0 aliphatic carbocycles. The SMILES string of the molecule is Cc1cc(-c2ccncc2)c(C#N)cc1-n1c2cc(-c3ccc(C#N)cc3)ccc2c2ccc(-c3ccc(C#N)cc3)cc21. The van der Waals surface area contributed by atoms with Crippen molar-refractivity contribution in [3.8, 4) is 57.3 Å². The fourth-order valence-corrected chi connectivity index (χ4v) is 5.91. The highest BCUT2D eigenvalue weighted by Crippen LogP contribution is 2.39. The van der Waals surface area contributed by atoms with Crippen molar-refractivity contribution in [2.45, 2.75) is 6.92 Å². The van der Waals surface area contributed by atoms with Gasteiger partial charge in [-0.3, -0.25) is 4.98 Å².